The molecule has 3 rings (SSSR count). The van der Waals surface area contributed by atoms with Crippen molar-refractivity contribution >= 4 is 15.9 Å². The van der Waals surface area contributed by atoms with Crippen molar-refractivity contribution in [1.29, 1.82) is 0 Å². The first-order valence-corrected chi connectivity index (χ1v) is 8.75. The third kappa shape index (κ3) is 2.99. The van der Waals surface area contributed by atoms with Crippen LogP contribution in [0.5, 0.6) is 0 Å². The molecule has 2 aliphatic heterocycles. The van der Waals surface area contributed by atoms with Crippen LogP contribution < -0.4 is 0 Å². The summed E-state index contributed by atoms with van der Waals surface area (Å²) in [5.74, 6) is -0.139. The molecule has 0 aromatic carbocycles. The second-order valence-electron chi connectivity index (χ2n) is 5.70. The van der Waals surface area contributed by atoms with E-state index < -0.39 is 10.0 Å². The summed E-state index contributed by atoms with van der Waals surface area (Å²) in [6.07, 6.45) is 2.59. The first-order valence-electron chi connectivity index (χ1n) is 7.31. The fourth-order valence-corrected chi connectivity index (χ4v) is 4.40. The number of aryl methyl sites for hydroxylation is 1. The second kappa shape index (κ2) is 6.19. The normalized spacial score (nSPS) is 25.8. The Morgan fingerprint density at radius 1 is 1.43 bits per heavy atom. The van der Waals surface area contributed by atoms with Crippen molar-refractivity contribution in [2.45, 2.75) is 17.2 Å². The number of morpholine rings is 1. The van der Waals surface area contributed by atoms with Gasteiger partial charge in [-0.15, -0.1) is 0 Å². The number of imidazole rings is 1. The number of hydrogen-bond donors (Lipinski definition) is 0. The summed E-state index contributed by atoms with van der Waals surface area (Å²) in [6, 6.07) is -0.287. The molecule has 0 N–H and O–H groups in total. The van der Waals surface area contributed by atoms with Crippen LogP contribution in [0.4, 0.5) is 0 Å². The molecule has 1 aromatic rings. The summed E-state index contributed by atoms with van der Waals surface area (Å²) >= 11 is 0. The number of sulfonamides is 1. The third-order valence-electron chi connectivity index (χ3n) is 4.17. The zero-order valence-corrected chi connectivity index (χ0v) is 13.9. The number of nitrogens with zero attached hydrogens (tertiary/aromatic N) is 4. The number of carbonyl (C=O) groups excluding carboxylic acids is 1. The van der Waals surface area contributed by atoms with E-state index in [1.807, 2.05) is 0 Å². The molecule has 128 valence electrons. The van der Waals surface area contributed by atoms with Crippen molar-refractivity contribution in [2.24, 2.45) is 7.05 Å². The van der Waals surface area contributed by atoms with Gasteiger partial charge in [0.25, 0.3) is 10.0 Å². The van der Waals surface area contributed by atoms with Crippen LogP contribution in [0.1, 0.15) is 0 Å². The van der Waals surface area contributed by atoms with Crippen LogP contribution in [0.25, 0.3) is 0 Å². The molecular formula is C13H20N4O5S. The molecule has 2 aliphatic rings. The molecule has 0 bridgehead atoms. The van der Waals surface area contributed by atoms with Gasteiger partial charge in [0.1, 0.15) is 6.61 Å². The summed E-state index contributed by atoms with van der Waals surface area (Å²) in [6.45, 7) is 1.24. The van der Waals surface area contributed by atoms with Crippen molar-refractivity contribution < 1.29 is 22.7 Å². The fraction of sp³-hybridized carbons (Fsp3) is 0.692. The molecule has 3 heterocycles. The lowest BCUT2D eigenvalue weighted by Crippen LogP contribution is -2.54. The van der Waals surface area contributed by atoms with Crippen LogP contribution in [0, 0.1) is 0 Å². The highest BCUT2D eigenvalue weighted by atomic mass is 32.2. The number of methoxy groups -OCH3 is 1. The van der Waals surface area contributed by atoms with E-state index in [9.17, 15) is 13.2 Å². The first kappa shape index (κ1) is 16.4. The van der Waals surface area contributed by atoms with Gasteiger partial charge < -0.3 is 18.9 Å². The van der Waals surface area contributed by atoms with Crippen molar-refractivity contribution in [3.63, 3.8) is 0 Å². The topological polar surface area (TPSA) is 94.0 Å². The Morgan fingerprint density at radius 2 is 2.22 bits per heavy atom. The van der Waals surface area contributed by atoms with Gasteiger partial charge in [0.05, 0.1) is 25.1 Å². The number of fused-ring (bicyclic) bond motifs is 1. The summed E-state index contributed by atoms with van der Waals surface area (Å²) in [5, 5.41) is 0.00779. The van der Waals surface area contributed by atoms with Crippen molar-refractivity contribution in [3.8, 4) is 0 Å². The van der Waals surface area contributed by atoms with Crippen LogP contribution in [0.15, 0.2) is 17.6 Å². The molecule has 0 saturated carbocycles. The first-order chi connectivity index (χ1) is 10.9. The standard InChI is InChI=1S/C13H20N4O5S/c1-15-7-12(14-9-15)23(19,20)16-5-10-11(6-16)22-8-13(18)17(10)3-4-21-2/h7,9-11H,3-6,8H2,1-2H3/t10-,11-/m1/s1. The predicted octanol–water partition coefficient (Wildman–Crippen LogP) is -1.33. The van der Waals surface area contributed by atoms with Gasteiger partial charge in [0.2, 0.25) is 5.91 Å². The van der Waals surface area contributed by atoms with Gasteiger partial charge in [0, 0.05) is 40.0 Å². The van der Waals surface area contributed by atoms with E-state index >= 15 is 0 Å². The van der Waals surface area contributed by atoms with Gasteiger partial charge in [-0.3, -0.25) is 4.79 Å². The maximum atomic E-state index is 12.7. The van der Waals surface area contributed by atoms with Crippen LogP contribution >= 0.6 is 0 Å². The molecule has 0 unspecified atom stereocenters. The Bertz CT molecular complexity index is 688. The Morgan fingerprint density at radius 3 is 2.87 bits per heavy atom. The smallest absolute Gasteiger partial charge is 0.262 e. The van der Waals surface area contributed by atoms with E-state index in [0.717, 1.165) is 0 Å². The number of aromatic nitrogens is 2. The Hall–Kier alpha value is -1.49. The van der Waals surface area contributed by atoms with E-state index in [-0.39, 0.29) is 42.8 Å². The molecule has 23 heavy (non-hydrogen) atoms. The summed E-state index contributed by atoms with van der Waals surface area (Å²) < 4.78 is 38.8. The van der Waals surface area contributed by atoms with E-state index in [0.29, 0.717) is 13.2 Å². The molecule has 1 aromatic heterocycles. The minimum absolute atomic E-state index is 0.00779. The molecule has 2 atom stereocenters. The molecule has 9 nitrogen and oxygen atoms in total. The summed E-state index contributed by atoms with van der Waals surface area (Å²) in [5.41, 5.74) is 0. The Labute approximate surface area is 134 Å². The highest BCUT2D eigenvalue weighted by Crippen LogP contribution is 2.27. The van der Waals surface area contributed by atoms with E-state index in [1.54, 1.807) is 23.6 Å². The minimum Gasteiger partial charge on any atom is -0.383 e. The summed E-state index contributed by atoms with van der Waals surface area (Å²) in [7, 11) is -0.409. The highest BCUT2D eigenvalue weighted by Gasteiger charge is 2.47. The van der Waals surface area contributed by atoms with Crippen LogP contribution in [-0.4, -0.2) is 85.2 Å². The molecule has 10 heteroatoms. The van der Waals surface area contributed by atoms with E-state index in [4.69, 9.17) is 9.47 Å². The lowest BCUT2D eigenvalue weighted by atomic mass is 10.1. The second-order valence-corrected chi connectivity index (χ2v) is 7.58. The number of amides is 1. The van der Waals surface area contributed by atoms with E-state index in [1.165, 1.54) is 16.8 Å². The Balaban J connectivity index is 1.79. The van der Waals surface area contributed by atoms with Crippen LogP contribution in [-0.2, 0) is 31.3 Å². The molecule has 0 aliphatic carbocycles. The lowest BCUT2D eigenvalue weighted by molar-refractivity contribution is -0.153. The largest absolute Gasteiger partial charge is 0.383 e. The molecule has 2 fully saturated rings. The number of hydrogen-bond acceptors (Lipinski definition) is 6. The average molecular weight is 344 g/mol. The minimum atomic E-state index is -3.69. The van der Waals surface area contributed by atoms with Gasteiger partial charge in [-0.1, -0.05) is 0 Å². The molecule has 2 saturated heterocycles. The highest BCUT2D eigenvalue weighted by molar-refractivity contribution is 7.89. The zero-order valence-electron chi connectivity index (χ0n) is 13.1. The number of ether oxygens (including phenoxy) is 2. The van der Waals surface area contributed by atoms with Gasteiger partial charge >= 0.3 is 0 Å². The Kier molecular flexibility index (Phi) is 4.41. The maximum Gasteiger partial charge on any atom is 0.262 e. The predicted molar refractivity (Wildman–Crippen MR) is 79.1 cm³/mol. The van der Waals surface area contributed by atoms with Crippen molar-refractivity contribution in [1.82, 2.24) is 18.8 Å². The van der Waals surface area contributed by atoms with Gasteiger partial charge in [-0.25, -0.2) is 13.4 Å². The quantitative estimate of drug-likeness (QED) is 0.657. The number of rotatable bonds is 5. The SMILES string of the molecule is COCCN1C(=O)CO[C@@H]2CN(S(=O)(=O)c3cn(C)cn3)C[C@H]21. The number of carbonyl (C=O) groups is 1. The maximum absolute atomic E-state index is 12.7. The molecule has 0 radical (unpaired) electrons. The molecular weight excluding hydrogens is 324 g/mol. The van der Waals surface area contributed by atoms with Gasteiger partial charge in [-0.05, 0) is 0 Å². The van der Waals surface area contributed by atoms with E-state index in [2.05, 4.69) is 4.98 Å². The van der Waals surface area contributed by atoms with Crippen molar-refractivity contribution in [2.75, 3.05) is 40.0 Å². The molecule has 0 spiro atoms. The van der Waals surface area contributed by atoms with Gasteiger partial charge in [0.15, 0.2) is 5.03 Å². The van der Waals surface area contributed by atoms with Crippen LogP contribution in [0.2, 0.25) is 0 Å². The average Bonchev–Trinajstić information content (AvgIpc) is 3.13. The zero-order chi connectivity index (χ0) is 16.6. The van der Waals surface area contributed by atoms with Crippen LogP contribution in [0.3, 0.4) is 0 Å². The lowest BCUT2D eigenvalue weighted by Gasteiger charge is -2.36. The fourth-order valence-electron chi connectivity index (χ4n) is 2.96. The molecule has 1 amide bonds. The third-order valence-corrected chi connectivity index (χ3v) is 5.88. The van der Waals surface area contributed by atoms with Gasteiger partial charge in [-0.2, -0.15) is 4.31 Å². The van der Waals surface area contributed by atoms with Crippen molar-refractivity contribution in [3.05, 3.63) is 12.5 Å². The monoisotopic (exact) mass is 344 g/mol. The summed E-state index contributed by atoms with van der Waals surface area (Å²) in [4.78, 5) is 17.6.